The summed E-state index contributed by atoms with van der Waals surface area (Å²) in [7, 11) is -7.25. The third-order valence-corrected chi connectivity index (χ3v) is 4.70. The lowest BCUT2D eigenvalue weighted by Gasteiger charge is -2.11. The molecule has 0 atom stereocenters. The van der Waals surface area contributed by atoms with Gasteiger partial charge in [0, 0.05) is 11.1 Å². The second-order valence-corrected chi connectivity index (χ2v) is 9.65. The molecule has 2 rings (SSSR count). The van der Waals surface area contributed by atoms with Crippen molar-refractivity contribution in [3.8, 4) is 11.5 Å². The molecule has 0 bridgehead atoms. The highest BCUT2D eigenvalue weighted by Crippen LogP contribution is 2.27. The van der Waals surface area contributed by atoms with Gasteiger partial charge < -0.3 is 8.37 Å². The van der Waals surface area contributed by atoms with Crippen LogP contribution in [0.15, 0.2) is 48.6 Å². The van der Waals surface area contributed by atoms with Gasteiger partial charge in [-0.05, 0) is 55.7 Å². The first-order valence-corrected chi connectivity index (χ1v) is 12.4. The Kier molecular flexibility index (Phi) is 7.26. The number of rotatable bonds is 8. The number of hydrogen-bond acceptors (Lipinski definition) is 6. The highest BCUT2D eigenvalue weighted by molar-refractivity contribution is 7.86. The molecule has 0 aliphatic rings. The molecule has 0 aromatic heterocycles. The van der Waals surface area contributed by atoms with E-state index in [1.165, 1.54) is 0 Å². The highest BCUT2D eigenvalue weighted by Gasteiger charge is 2.12. The minimum atomic E-state index is -3.63. The zero-order chi connectivity index (χ0) is 21.7. The number of benzene rings is 2. The predicted molar refractivity (Wildman–Crippen MR) is 116 cm³/mol. The monoisotopic (exact) mass is 436 g/mol. The van der Waals surface area contributed by atoms with Gasteiger partial charge in [0.25, 0.3) is 0 Å². The van der Waals surface area contributed by atoms with E-state index < -0.39 is 20.2 Å². The molecule has 29 heavy (non-hydrogen) atoms. The lowest BCUT2D eigenvalue weighted by Crippen LogP contribution is -2.07. The highest BCUT2D eigenvalue weighted by atomic mass is 32.2. The van der Waals surface area contributed by atoms with Gasteiger partial charge in [0.1, 0.15) is 11.5 Å². The Hall–Kier alpha value is -2.58. The van der Waals surface area contributed by atoms with E-state index in [1.54, 1.807) is 48.6 Å². The summed E-state index contributed by atoms with van der Waals surface area (Å²) in [6, 6.07) is 10.6. The lowest BCUT2D eigenvalue weighted by molar-refractivity contribution is 0.490. The number of hydrogen-bond donors (Lipinski definition) is 0. The summed E-state index contributed by atoms with van der Waals surface area (Å²) in [6.07, 6.45) is 9.72. The molecule has 0 saturated heterocycles. The van der Waals surface area contributed by atoms with E-state index in [0.29, 0.717) is 17.5 Å². The van der Waals surface area contributed by atoms with Gasteiger partial charge in [-0.1, -0.05) is 36.4 Å². The summed E-state index contributed by atoms with van der Waals surface area (Å²) in [6.45, 7) is 3.67. The molecule has 0 heterocycles. The smallest absolute Gasteiger partial charge is 0.306 e. The van der Waals surface area contributed by atoms with Gasteiger partial charge in [-0.15, -0.1) is 0 Å². The average Bonchev–Trinajstić information content (AvgIpc) is 2.58. The molecule has 0 unspecified atom stereocenters. The fourth-order valence-electron chi connectivity index (χ4n) is 2.75. The van der Waals surface area contributed by atoms with Crippen molar-refractivity contribution in [3.05, 3.63) is 70.8 Å². The molecule has 0 aliphatic carbocycles. The largest absolute Gasteiger partial charge is 0.382 e. The minimum absolute atomic E-state index is 0.265. The zero-order valence-corrected chi connectivity index (χ0v) is 18.4. The molecule has 6 nitrogen and oxygen atoms in total. The Bertz CT molecular complexity index is 1050. The molecule has 0 radical (unpaired) electrons. The van der Waals surface area contributed by atoms with Gasteiger partial charge in [0.05, 0.1) is 12.5 Å². The quantitative estimate of drug-likeness (QED) is 0.581. The number of allylic oxidation sites excluding steroid dienone is 2. The second-order valence-electron chi connectivity index (χ2n) is 6.50. The third kappa shape index (κ3) is 7.40. The molecule has 0 saturated carbocycles. The van der Waals surface area contributed by atoms with E-state index in [2.05, 4.69) is 0 Å². The van der Waals surface area contributed by atoms with Crippen LogP contribution in [-0.4, -0.2) is 29.3 Å². The zero-order valence-electron chi connectivity index (χ0n) is 16.7. The van der Waals surface area contributed by atoms with Gasteiger partial charge in [-0.3, -0.25) is 0 Å². The van der Waals surface area contributed by atoms with E-state index in [4.69, 9.17) is 8.37 Å². The van der Waals surface area contributed by atoms with Crippen molar-refractivity contribution >= 4 is 32.4 Å². The first-order chi connectivity index (χ1) is 13.5. The van der Waals surface area contributed by atoms with Gasteiger partial charge in [-0.2, -0.15) is 16.8 Å². The maximum Gasteiger partial charge on any atom is 0.306 e. The van der Waals surface area contributed by atoms with Crippen molar-refractivity contribution < 1.29 is 25.2 Å². The minimum Gasteiger partial charge on any atom is -0.382 e. The summed E-state index contributed by atoms with van der Waals surface area (Å²) in [5, 5.41) is 0. The van der Waals surface area contributed by atoms with Crippen LogP contribution in [0.1, 0.15) is 36.1 Å². The average molecular weight is 437 g/mol. The molecule has 2 aromatic carbocycles. The molecule has 8 heteroatoms. The molecule has 0 spiro atoms. The van der Waals surface area contributed by atoms with Crippen molar-refractivity contribution in [1.29, 1.82) is 0 Å². The molecule has 0 fully saturated rings. The van der Waals surface area contributed by atoms with Crippen molar-refractivity contribution in [1.82, 2.24) is 0 Å². The third-order valence-electron chi connectivity index (χ3n) is 3.73. The first-order valence-electron chi connectivity index (χ1n) is 8.81. The molecule has 0 aliphatic heterocycles. The Morgan fingerprint density at radius 2 is 1.10 bits per heavy atom. The summed E-state index contributed by atoms with van der Waals surface area (Å²) in [5.41, 5.74) is 3.20. The predicted octanol–water partition coefficient (Wildman–Crippen LogP) is 4.02. The topological polar surface area (TPSA) is 86.7 Å². The van der Waals surface area contributed by atoms with Crippen molar-refractivity contribution in [2.75, 3.05) is 12.5 Å². The van der Waals surface area contributed by atoms with Gasteiger partial charge in [0.2, 0.25) is 0 Å². The standard InChI is InChI=1S/C21H24O6S2/c1-5-7-18-14-16(9-11-20(18)26-28(3,22)23)13-17-10-12-21(27-29(4,24)25)19(15-17)8-6-2/h5-12,14-15H,13H2,1-4H3/b7-5-,8-6-. The van der Waals surface area contributed by atoms with Crippen LogP contribution in [0.4, 0.5) is 0 Å². The Morgan fingerprint density at radius 3 is 1.41 bits per heavy atom. The maximum absolute atomic E-state index is 11.5. The van der Waals surface area contributed by atoms with E-state index >= 15 is 0 Å². The van der Waals surface area contributed by atoms with Crippen LogP contribution in [-0.2, 0) is 26.7 Å². The van der Waals surface area contributed by atoms with Crippen molar-refractivity contribution in [2.45, 2.75) is 20.3 Å². The molecule has 156 valence electrons. The van der Waals surface area contributed by atoms with Gasteiger partial charge >= 0.3 is 20.2 Å². The Balaban J connectivity index is 2.38. The molecule has 2 aromatic rings. The van der Waals surface area contributed by atoms with E-state index in [-0.39, 0.29) is 11.5 Å². The van der Waals surface area contributed by atoms with E-state index in [9.17, 15) is 16.8 Å². The van der Waals surface area contributed by atoms with Crippen molar-refractivity contribution in [3.63, 3.8) is 0 Å². The summed E-state index contributed by atoms with van der Waals surface area (Å²) < 4.78 is 55.9. The summed E-state index contributed by atoms with van der Waals surface area (Å²) in [5.74, 6) is 0.529. The SMILES string of the molecule is C/C=C\c1cc(Cc2ccc(OS(C)(=O)=O)c(/C=C\C)c2)ccc1OS(C)(=O)=O. The van der Waals surface area contributed by atoms with Gasteiger partial charge in [-0.25, -0.2) is 0 Å². The molecular weight excluding hydrogens is 412 g/mol. The van der Waals surface area contributed by atoms with E-state index in [1.807, 2.05) is 26.0 Å². The van der Waals surface area contributed by atoms with Crippen LogP contribution in [0, 0.1) is 0 Å². The fourth-order valence-corrected chi connectivity index (χ4v) is 3.70. The lowest BCUT2D eigenvalue weighted by atomic mass is 10.00. The summed E-state index contributed by atoms with van der Waals surface area (Å²) >= 11 is 0. The summed E-state index contributed by atoms with van der Waals surface area (Å²) in [4.78, 5) is 0. The molecule has 0 amide bonds. The van der Waals surface area contributed by atoms with Crippen LogP contribution < -0.4 is 8.37 Å². The van der Waals surface area contributed by atoms with E-state index in [0.717, 1.165) is 23.6 Å². The van der Waals surface area contributed by atoms with Crippen LogP contribution in [0.25, 0.3) is 12.2 Å². The Morgan fingerprint density at radius 1 is 0.724 bits per heavy atom. The maximum atomic E-state index is 11.5. The van der Waals surface area contributed by atoms with Crippen LogP contribution in [0.2, 0.25) is 0 Å². The molecule has 0 N–H and O–H groups in total. The van der Waals surface area contributed by atoms with Gasteiger partial charge in [0.15, 0.2) is 0 Å². The van der Waals surface area contributed by atoms with Crippen molar-refractivity contribution in [2.24, 2.45) is 0 Å². The Labute approximate surface area is 172 Å². The molecular formula is C21H24O6S2. The van der Waals surface area contributed by atoms with Crippen LogP contribution in [0.3, 0.4) is 0 Å². The fraction of sp³-hybridized carbons (Fsp3) is 0.238. The second kappa shape index (κ2) is 9.28. The first kappa shape index (κ1) is 22.7. The normalized spacial score (nSPS) is 12.6. The van der Waals surface area contributed by atoms with Crippen LogP contribution >= 0.6 is 0 Å². The van der Waals surface area contributed by atoms with Crippen LogP contribution in [0.5, 0.6) is 11.5 Å².